The number of carbonyl (C=O) groups excluding carboxylic acids is 1. The van der Waals surface area contributed by atoms with E-state index in [0.29, 0.717) is 18.5 Å². The Bertz CT molecular complexity index is 176. The van der Waals surface area contributed by atoms with Crippen LogP contribution >= 0.6 is 0 Å². The van der Waals surface area contributed by atoms with Crippen molar-refractivity contribution in [3.05, 3.63) is 0 Å². The highest BCUT2D eigenvalue weighted by Crippen LogP contribution is 1.99. The summed E-state index contributed by atoms with van der Waals surface area (Å²) in [6, 6.07) is 0.714. The largest absolute Gasteiger partial charge is 0.352 e. The van der Waals surface area contributed by atoms with Gasteiger partial charge in [0.05, 0.1) is 6.54 Å². The van der Waals surface area contributed by atoms with Crippen molar-refractivity contribution in [3.63, 3.8) is 0 Å². The zero-order chi connectivity index (χ0) is 11.8. The third-order valence-corrected chi connectivity index (χ3v) is 2.93. The van der Waals surface area contributed by atoms with Crippen LogP contribution in [0.3, 0.4) is 0 Å². The topological polar surface area (TPSA) is 41.1 Å². The normalized spacial score (nSPS) is 13.3. The first-order valence-corrected chi connectivity index (χ1v) is 6.03. The summed E-state index contributed by atoms with van der Waals surface area (Å²) in [7, 11) is 0. The minimum absolute atomic E-state index is 0.100. The lowest BCUT2D eigenvalue weighted by Crippen LogP contribution is -2.43. The predicted molar refractivity (Wildman–Crippen MR) is 64.8 cm³/mol. The Morgan fingerprint density at radius 1 is 1.13 bits per heavy atom. The number of amides is 1. The molecule has 0 aromatic heterocycles. The highest BCUT2D eigenvalue weighted by atomic mass is 16.1. The summed E-state index contributed by atoms with van der Waals surface area (Å²) in [5.41, 5.74) is 0. The van der Waals surface area contributed by atoms with E-state index in [1.165, 1.54) is 0 Å². The van der Waals surface area contributed by atoms with Crippen LogP contribution in [0.1, 0.15) is 47.5 Å². The summed E-state index contributed by atoms with van der Waals surface area (Å²) in [6.45, 7) is 11.0. The van der Waals surface area contributed by atoms with Crippen molar-refractivity contribution in [1.29, 1.82) is 0 Å². The Balaban J connectivity index is 3.74. The Labute approximate surface area is 94.0 Å². The van der Waals surface area contributed by atoms with Crippen molar-refractivity contribution in [3.8, 4) is 0 Å². The van der Waals surface area contributed by atoms with E-state index in [4.69, 9.17) is 0 Å². The number of nitrogens with one attached hydrogen (secondary N) is 2. The lowest BCUT2D eigenvalue weighted by atomic mass is 10.1. The molecular formula is C12H26N2O. The lowest BCUT2D eigenvalue weighted by molar-refractivity contribution is -0.121. The van der Waals surface area contributed by atoms with Crippen molar-refractivity contribution < 1.29 is 4.79 Å². The first-order valence-electron chi connectivity index (χ1n) is 6.03. The molecule has 0 aromatic carbocycles. The lowest BCUT2D eigenvalue weighted by Gasteiger charge is -2.19. The molecule has 0 saturated carbocycles. The van der Waals surface area contributed by atoms with E-state index in [1.54, 1.807) is 0 Å². The van der Waals surface area contributed by atoms with Gasteiger partial charge in [-0.3, -0.25) is 4.79 Å². The highest BCUT2D eigenvalue weighted by molar-refractivity contribution is 5.78. The number of hydrogen-bond acceptors (Lipinski definition) is 2. The van der Waals surface area contributed by atoms with Crippen LogP contribution in [0.4, 0.5) is 0 Å². The van der Waals surface area contributed by atoms with Gasteiger partial charge in [-0.25, -0.2) is 0 Å². The molecule has 3 heteroatoms. The van der Waals surface area contributed by atoms with Gasteiger partial charge in [0.1, 0.15) is 0 Å². The van der Waals surface area contributed by atoms with Crippen LogP contribution in [0.25, 0.3) is 0 Å². The SMILES string of the molecule is CCC(CC)NCC(=O)NC(C)C(C)C. The molecule has 0 saturated heterocycles. The number of carbonyl (C=O) groups is 1. The van der Waals surface area contributed by atoms with E-state index in [1.807, 2.05) is 6.92 Å². The Hall–Kier alpha value is -0.570. The van der Waals surface area contributed by atoms with Gasteiger partial charge in [-0.05, 0) is 25.7 Å². The zero-order valence-corrected chi connectivity index (χ0v) is 10.8. The Morgan fingerprint density at radius 2 is 1.67 bits per heavy atom. The minimum Gasteiger partial charge on any atom is -0.352 e. The molecule has 0 aliphatic heterocycles. The Morgan fingerprint density at radius 3 is 2.07 bits per heavy atom. The fraction of sp³-hybridized carbons (Fsp3) is 0.917. The van der Waals surface area contributed by atoms with Crippen LogP contribution in [0.5, 0.6) is 0 Å². The summed E-state index contributed by atoms with van der Waals surface area (Å²) in [6.07, 6.45) is 2.15. The van der Waals surface area contributed by atoms with Crippen LogP contribution in [-0.4, -0.2) is 24.5 Å². The first-order chi connectivity index (χ1) is 7.01. The molecule has 0 rings (SSSR count). The minimum atomic E-state index is 0.100. The van der Waals surface area contributed by atoms with Crippen molar-refractivity contribution in [1.82, 2.24) is 10.6 Å². The monoisotopic (exact) mass is 214 g/mol. The third-order valence-electron chi connectivity index (χ3n) is 2.93. The van der Waals surface area contributed by atoms with E-state index in [0.717, 1.165) is 12.8 Å². The van der Waals surface area contributed by atoms with Gasteiger partial charge in [-0.2, -0.15) is 0 Å². The molecule has 0 aliphatic rings. The average Bonchev–Trinajstić information content (AvgIpc) is 2.19. The molecule has 3 nitrogen and oxygen atoms in total. The quantitative estimate of drug-likeness (QED) is 0.680. The maximum absolute atomic E-state index is 11.5. The van der Waals surface area contributed by atoms with Gasteiger partial charge in [-0.1, -0.05) is 27.7 Å². The molecule has 0 spiro atoms. The average molecular weight is 214 g/mol. The number of hydrogen-bond donors (Lipinski definition) is 2. The van der Waals surface area contributed by atoms with Gasteiger partial charge in [0.25, 0.3) is 0 Å². The second kappa shape index (κ2) is 7.69. The van der Waals surface area contributed by atoms with E-state index in [-0.39, 0.29) is 11.9 Å². The van der Waals surface area contributed by atoms with Crippen molar-refractivity contribution in [2.75, 3.05) is 6.54 Å². The molecule has 1 amide bonds. The fourth-order valence-corrected chi connectivity index (χ4v) is 1.29. The van der Waals surface area contributed by atoms with Gasteiger partial charge in [-0.15, -0.1) is 0 Å². The Kier molecular flexibility index (Phi) is 7.39. The van der Waals surface area contributed by atoms with Crippen molar-refractivity contribution in [2.45, 2.75) is 59.5 Å². The molecule has 0 radical (unpaired) electrons. The molecule has 0 bridgehead atoms. The molecule has 15 heavy (non-hydrogen) atoms. The molecule has 1 atom stereocenters. The van der Waals surface area contributed by atoms with Crippen molar-refractivity contribution in [2.24, 2.45) is 5.92 Å². The van der Waals surface area contributed by atoms with Crippen LogP contribution in [0.15, 0.2) is 0 Å². The van der Waals surface area contributed by atoms with Crippen molar-refractivity contribution >= 4 is 5.91 Å². The summed E-state index contributed by atoms with van der Waals surface area (Å²) in [4.78, 5) is 11.5. The van der Waals surface area contributed by atoms with Gasteiger partial charge >= 0.3 is 0 Å². The van der Waals surface area contributed by atoms with Gasteiger partial charge in [0.15, 0.2) is 0 Å². The third kappa shape index (κ3) is 6.50. The summed E-state index contributed by atoms with van der Waals surface area (Å²) in [5.74, 6) is 0.588. The van der Waals surface area contributed by atoms with Gasteiger partial charge in [0.2, 0.25) is 5.91 Å². The maximum atomic E-state index is 11.5. The smallest absolute Gasteiger partial charge is 0.234 e. The molecule has 0 heterocycles. The highest BCUT2D eigenvalue weighted by Gasteiger charge is 2.11. The molecule has 0 aliphatic carbocycles. The standard InChI is InChI=1S/C12H26N2O/c1-6-11(7-2)13-8-12(15)14-10(5)9(3)4/h9-11,13H,6-8H2,1-5H3,(H,14,15). The maximum Gasteiger partial charge on any atom is 0.234 e. The first kappa shape index (κ1) is 14.4. The van der Waals surface area contributed by atoms with E-state index < -0.39 is 0 Å². The molecule has 2 N–H and O–H groups in total. The van der Waals surface area contributed by atoms with Crippen LogP contribution < -0.4 is 10.6 Å². The van der Waals surface area contributed by atoms with E-state index >= 15 is 0 Å². The number of rotatable bonds is 7. The zero-order valence-electron chi connectivity index (χ0n) is 10.8. The van der Waals surface area contributed by atoms with Gasteiger partial charge < -0.3 is 10.6 Å². The molecule has 0 aromatic rings. The van der Waals surface area contributed by atoms with Gasteiger partial charge in [0, 0.05) is 12.1 Å². The second-order valence-electron chi connectivity index (χ2n) is 4.49. The second-order valence-corrected chi connectivity index (χ2v) is 4.49. The summed E-state index contributed by atoms with van der Waals surface area (Å²) >= 11 is 0. The molecular weight excluding hydrogens is 188 g/mol. The fourth-order valence-electron chi connectivity index (χ4n) is 1.29. The summed E-state index contributed by atoms with van der Waals surface area (Å²) < 4.78 is 0. The summed E-state index contributed by atoms with van der Waals surface area (Å²) in [5, 5.41) is 6.23. The van der Waals surface area contributed by atoms with E-state index in [2.05, 4.69) is 38.3 Å². The molecule has 0 fully saturated rings. The molecule has 1 unspecified atom stereocenters. The molecule has 90 valence electrons. The van der Waals surface area contributed by atoms with Crippen LogP contribution in [0, 0.1) is 5.92 Å². The predicted octanol–water partition coefficient (Wildman–Crippen LogP) is 1.93. The van der Waals surface area contributed by atoms with Crippen LogP contribution in [0.2, 0.25) is 0 Å². The van der Waals surface area contributed by atoms with Crippen LogP contribution in [-0.2, 0) is 4.79 Å². The van der Waals surface area contributed by atoms with E-state index in [9.17, 15) is 4.79 Å².